The Morgan fingerprint density at radius 1 is 1.05 bits per heavy atom. The molecule has 0 unspecified atom stereocenters. The van der Waals surface area contributed by atoms with Gasteiger partial charge in [-0.1, -0.05) is 17.2 Å². The predicted molar refractivity (Wildman–Crippen MR) is 153 cm³/mol. The second-order valence-electron chi connectivity index (χ2n) is 11.7. The minimum atomic E-state index is -3.76. The number of piperidine rings is 1. The summed E-state index contributed by atoms with van der Waals surface area (Å²) in [4.78, 5) is 20.4. The number of aromatic nitrogens is 1. The summed E-state index contributed by atoms with van der Waals surface area (Å²) in [5, 5.41) is 15.8. The van der Waals surface area contributed by atoms with Gasteiger partial charge < -0.3 is 20.6 Å². The van der Waals surface area contributed by atoms with Crippen LogP contribution >= 0.6 is 0 Å². The Hall–Kier alpha value is -2.95. The average molecular weight is 544 g/mol. The molecule has 1 aliphatic heterocycles. The Morgan fingerprint density at radius 2 is 1.71 bits per heavy atom. The standard InChI is InChI=1S/C28H41N5O4S/c1-19(2)20-13-15-33(16-14-20)25-23(11-12-24(30-25)31-28(6,7)18-34)26(35)29-21-9-8-10-22(17-21)38(36,37)32-27(3,4)5/h8-12,17,32,34H,13-16,18H2,1-7H3,(H,29,35)(H,30,31). The first-order chi connectivity index (χ1) is 17.6. The fourth-order valence-corrected chi connectivity index (χ4v) is 5.68. The van der Waals surface area contributed by atoms with E-state index in [2.05, 4.69) is 34.1 Å². The number of amides is 1. The number of allylic oxidation sites excluding steroid dienone is 1. The predicted octanol–water partition coefficient (Wildman–Crippen LogP) is 4.53. The fraction of sp³-hybridized carbons (Fsp3) is 0.500. The molecule has 0 radical (unpaired) electrons. The molecule has 2 aromatic rings. The zero-order valence-corrected chi connectivity index (χ0v) is 24.3. The molecule has 0 atom stereocenters. The van der Waals surface area contributed by atoms with E-state index >= 15 is 0 Å². The Kier molecular flexibility index (Phi) is 8.90. The van der Waals surface area contributed by atoms with Gasteiger partial charge in [-0.3, -0.25) is 4.79 Å². The van der Waals surface area contributed by atoms with Crippen molar-refractivity contribution < 1.29 is 18.3 Å². The van der Waals surface area contributed by atoms with E-state index in [0.29, 0.717) is 22.9 Å². The van der Waals surface area contributed by atoms with E-state index in [9.17, 15) is 18.3 Å². The van der Waals surface area contributed by atoms with Crippen molar-refractivity contribution in [3.8, 4) is 0 Å². The number of anilines is 3. The van der Waals surface area contributed by atoms with Crippen LogP contribution in [0.2, 0.25) is 0 Å². The van der Waals surface area contributed by atoms with E-state index in [1.807, 2.05) is 13.8 Å². The van der Waals surface area contributed by atoms with Crippen molar-refractivity contribution in [3.05, 3.63) is 53.1 Å². The lowest BCUT2D eigenvalue weighted by molar-refractivity contribution is 0.102. The van der Waals surface area contributed by atoms with Crippen LogP contribution in [0.1, 0.15) is 71.7 Å². The topological polar surface area (TPSA) is 124 Å². The van der Waals surface area contributed by atoms with Crippen molar-refractivity contribution in [2.24, 2.45) is 0 Å². The quantitative estimate of drug-likeness (QED) is 0.361. The van der Waals surface area contributed by atoms with Gasteiger partial charge in [0.1, 0.15) is 11.6 Å². The summed E-state index contributed by atoms with van der Waals surface area (Å²) in [5.41, 5.74) is 2.28. The monoisotopic (exact) mass is 543 g/mol. The highest BCUT2D eigenvalue weighted by Gasteiger charge is 2.26. The highest BCUT2D eigenvalue weighted by atomic mass is 32.2. The number of hydrogen-bond donors (Lipinski definition) is 4. The summed E-state index contributed by atoms with van der Waals surface area (Å²) in [6.07, 6.45) is 1.79. The molecule has 1 aliphatic rings. The first kappa shape index (κ1) is 29.6. The van der Waals surface area contributed by atoms with Gasteiger partial charge in [0, 0.05) is 24.3 Å². The van der Waals surface area contributed by atoms with Gasteiger partial charge in [0.05, 0.1) is 22.6 Å². The van der Waals surface area contributed by atoms with Gasteiger partial charge in [0.2, 0.25) is 10.0 Å². The largest absolute Gasteiger partial charge is 0.394 e. The van der Waals surface area contributed by atoms with Crippen molar-refractivity contribution in [1.29, 1.82) is 0 Å². The molecule has 1 aromatic carbocycles. The van der Waals surface area contributed by atoms with E-state index in [-0.39, 0.29) is 17.4 Å². The maximum Gasteiger partial charge on any atom is 0.259 e. The van der Waals surface area contributed by atoms with E-state index in [1.165, 1.54) is 23.3 Å². The molecular weight excluding hydrogens is 502 g/mol. The van der Waals surface area contributed by atoms with Crippen LogP contribution in [-0.4, -0.2) is 55.2 Å². The van der Waals surface area contributed by atoms with E-state index in [4.69, 9.17) is 4.98 Å². The molecule has 38 heavy (non-hydrogen) atoms. The molecule has 2 heterocycles. The normalized spacial score (nSPS) is 14.8. The third-order valence-corrected chi connectivity index (χ3v) is 7.95. The first-order valence-corrected chi connectivity index (χ1v) is 14.3. The third kappa shape index (κ3) is 7.78. The highest BCUT2D eigenvalue weighted by Crippen LogP contribution is 2.29. The molecule has 1 amide bonds. The van der Waals surface area contributed by atoms with Crippen LogP contribution in [0.15, 0.2) is 52.4 Å². The third-order valence-electron chi connectivity index (χ3n) is 6.20. The van der Waals surface area contributed by atoms with E-state index in [1.54, 1.807) is 45.0 Å². The smallest absolute Gasteiger partial charge is 0.259 e. The summed E-state index contributed by atoms with van der Waals surface area (Å²) in [6, 6.07) is 9.63. The summed E-state index contributed by atoms with van der Waals surface area (Å²) in [7, 11) is -3.76. The lowest BCUT2D eigenvalue weighted by Gasteiger charge is -2.32. The molecular formula is C28H41N5O4S. The van der Waals surface area contributed by atoms with Gasteiger partial charge in [0.15, 0.2) is 0 Å². The van der Waals surface area contributed by atoms with Gasteiger partial charge in [-0.05, 0) is 91.6 Å². The van der Waals surface area contributed by atoms with Crippen molar-refractivity contribution in [2.75, 3.05) is 35.2 Å². The maximum absolute atomic E-state index is 13.5. The summed E-state index contributed by atoms with van der Waals surface area (Å²) >= 11 is 0. The Balaban J connectivity index is 1.92. The summed E-state index contributed by atoms with van der Waals surface area (Å²) < 4.78 is 28.2. The Labute approximate surface area is 226 Å². The van der Waals surface area contributed by atoms with Crippen molar-refractivity contribution in [2.45, 2.75) is 77.3 Å². The second kappa shape index (κ2) is 11.4. The van der Waals surface area contributed by atoms with Gasteiger partial charge in [-0.2, -0.15) is 0 Å². The van der Waals surface area contributed by atoms with Crippen molar-refractivity contribution in [1.82, 2.24) is 9.71 Å². The number of carbonyl (C=O) groups excluding carboxylic acids is 1. The minimum Gasteiger partial charge on any atom is -0.394 e. The fourth-order valence-electron chi connectivity index (χ4n) is 4.21. The number of nitrogens with one attached hydrogen (secondary N) is 3. The number of carbonyl (C=O) groups is 1. The summed E-state index contributed by atoms with van der Waals surface area (Å²) in [6.45, 7) is 14.7. The molecule has 9 nitrogen and oxygen atoms in total. The number of aliphatic hydroxyl groups is 1. The minimum absolute atomic E-state index is 0.0691. The SMILES string of the molecule is CC(C)=C1CCN(c2nc(NC(C)(C)CO)ccc2C(=O)Nc2cccc(S(=O)(=O)NC(C)(C)C)c2)CC1. The molecule has 1 fully saturated rings. The van der Waals surface area contributed by atoms with Crippen LogP contribution < -0.4 is 20.3 Å². The van der Waals surface area contributed by atoms with Crippen molar-refractivity contribution in [3.63, 3.8) is 0 Å². The molecule has 1 saturated heterocycles. The molecule has 1 aromatic heterocycles. The Bertz CT molecular complexity index is 1300. The van der Waals surface area contributed by atoms with Crippen LogP contribution in [0.25, 0.3) is 0 Å². The molecule has 0 saturated carbocycles. The van der Waals surface area contributed by atoms with Crippen LogP contribution in [0.4, 0.5) is 17.3 Å². The number of nitrogens with zero attached hydrogens (tertiary/aromatic N) is 2. The lowest BCUT2D eigenvalue weighted by Crippen LogP contribution is -2.40. The van der Waals surface area contributed by atoms with Crippen molar-refractivity contribution >= 4 is 33.3 Å². The van der Waals surface area contributed by atoms with Gasteiger partial charge >= 0.3 is 0 Å². The van der Waals surface area contributed by atoms with Gasteiger partial charge in [-0.15, -0.1) is 0 Å². The molecule has 0 aliphatic carbocycles. The van der Waals surface area contributed by atoms with Crippen LogP contribution in [-0.2, 0) is 10.0 Å². The molecule has 0 spiro atoms. The van der Waals surface area contributed by atoms with E-state index in [0.717, 1.165) is 25.9 Å². The van der Waals surface area contributed by atoms with Crippen LogP contribution in [0, 0.1) is 0 Å². The van der Waals surface area contributed by atoms with Gasteiger partial charge in [0.25, 0.3) is 5.91 Å². The molecule has 10 heteroatoms. The first-order valence-electron chi connectivity index (χ1n) is 12.9. The average Bonchev–Trinajstić information content (AvgIpc) is 2.82. The Morgan fingerprint density at radius 3 is 2.29 bits per heavy atom. The van der Waals surface area contributed by atoms with Crippen LogP contribution in [0.5, 0.6) is 0 Å². The highest BCUT2D eigenvalue weighted by molar-refractivity contribution is 7.89. The number of hydrogen-bond acceptors (Lipinski definition) is 7. The number of sulfonamides is 1. The lowest BCUT2D eigenvalue weighted by atomic mass is 9.99. The maximum atomic E-state index is 13.5. The molecule has 0 bridgehead atoms. The van der Waals surface area contributed by atoms with E-state index < -0.39 is 21.1 Å². The zero-order chi connectivity index (χ0) is 28.3. The summed E-state index contributed by atoms with van der Waals surface area (Å²) in [5.74, 6) is 0.726. The van der Waals surface area contributed by atoms with Gasteiger partial charge in [-0.25, -0.2) is 18.1 Å². The zero-order valence-electron chi connectivity index (χ0n) is 23.5. The molecule has 208 valence electrons. The number of aliphatic hydroxyl groups excluding tert-OH is 1. The number of rotatable bonds is 8. The molecule has 4 N–H and O–H groups in total. The number of benzene rings is 1. The molecule has 3 rings (SSSR count). The van der Waals surface area contributed by atoms with Crippen LogP contribution in [0.3, 0.4) is 0 Å². The second-order valence-corrected chi connectivity index (χ2v) is 13.3. The number of pyridine rings is 1.